The van der Waals surface area contributed by atoms with E-state index in [4.69, 9.17) is 0 Å². The summed E-state index contributed by atoms with van der Waals surface area (Å²) in [4.78, 5) is 20.2. The molecule has 0 saturated carbocycles. The van der Waals surface area contributed by atoms with Crippen molar-refractivity contribution in [1.82, 2.24) is 25.4 Å². The Kier molecular flexibility index (Phi) is 10.3. The molecule has 0 radical (unpaired) electrons. The molecule has 0 spiro atoms. The molecule has 0 fully saturated rings. The molecule has 0 bridgehead atoms. The SMILES string of the molecule is CN=C(NCCCn1cccn1)NCCC(=O)Nc1ccc(C)cn1.I. The Morgan fingerprint density at radius 3 is 2.73 bits per heavy atom. The number of halogens is 1. The molecule has 0 aliphatic rings. The third-order valence-electron chi connectivity index (χ3n) is 3.46. The number of carbonyl (C=O) groups is 1. The molecule has 0 saturated heterocycles. The molecule has 2 aromatic heterocycles. The van der Waals surface area contributed by atoms with E-state index in [1.807, 2.05) is 29.9 Å². The molecule has 1 amide bonds. The summed E-state index contributed by atoms with van der Waals surface area (Å²) in [7, 11) is 1.71. The smallest absolute Gasteiger partial charge is 0.227 e. The molecule has 0 aliphatic carbocycles. The zero-order valence-corrected chi connectivity index (χ0v) is 17.4. The van der Waals surface area contributed by atoms with Gasteiger partial charge in [-0.3, -0.25) is 14.5 Å². The number of rotatable bonds is 8. The Balaban J connectivity index is 0.00000338. The van der Waals surface area contributed by atoms with E-state index in [2.05, 4.69) is 31.0 Å². The van der Waals surface area contributed by atoms with Crippen LogP contribution in [0.15, 0.2) is 41.8 Å². The van der Waals surface area contributed by atoms with Crippen molar-refractivity contribution >= 4 is 41.7 Å². The molecule has 2 heterocycles. The number of guanidine groups is 1. The van der Waals surface area contributed by atoms with E-state index in [1.165, 1.54) is 0 Å². The van der Waals surface area contributed by atoms with Crippen LogP contribution >= 0.6 is 24.0 Å². The maximum atomic E-state index is 11.9. The van der Waals surface area contributed by atoms with Crippen LogP contribution in [0.1, 0.15) is 18.4 Å². The number of anilines is 1. The summed E-state index contributed by atoms with van der Waals surface area (Å²) in [5.41, 5.74) is 1.06. The minimum atomic E-state index is -0.0852. The summed E-state index contributed by atoms with van der Waals surface area (Å²) in [5, 5.41) is 13.3. The minimum Gasteiger partial charge on any atom is -0.356 e. The third kappa shape index (κ3) is 8.28. The molecule has 26 heavy (non-hydrogen) atoms. The Bertz CT molecular complexity index is 671. The third-order valence-corrected chi connectivity index (χ3v) is 3.46. The standard InChI is InChI=1S/C17H25N7O.HI/c1-14-5-6-15(21-13-14)23-16(25)7-10-20-17(18-2)19-8-3-11-24-12-4-9-22-24;/h4-6,9,12-13H,3,7-8,10-11H2,1-2H3,(H2,18,19,20)(H,21,23,25);1H. The van der Waals surface area contributed by atoms with Gasteiger partial charge in [0.1, 0.15) is 5.82 Å². The highest BCUT2D eigenvalue weighted by molar-refractivity contribution is 14.0. The van der Waals surface area contributed by atoms with Gasteiger partial charge < -0.3 is 16.0 Å². The van der Waals surface area contributed by atoms with Crippen LogP contribution in [-0.2, 0) is 11.3 Å². The zero-order chi connectivity index (χ0) is 17.9. The lowest BCUT2D eigenvalue weighted by Crippen LogP contribution is -2.39. The number of hydrogen-bond acceptors (Lipinski definition) is 4. The van der Waals surface area contributed by atoms with Crippen molar-refractivity contribution < 1.29 is 4.79 Å². The predicted molar refractivity (Wildman–Crippen MR) is 114 cm³/mol. The minimum absolute atomic E-state index is 0. The van der Waals surface area contributed by atoms with E-state index in [9.17, 15) is 4.79 Å². The molecule has 2 aromatic rings. The number of hydrogen-bond donors (Lipinski definition) is 3. The van der Waals surface area contributed by atoms with Crippen LogP contribution < -0.4 is 16.0 Å². The summed E-state index contributed by atoms with van der Waals surface area (Å²) in [6.07, 6.45) is 6.70. The lowest BCUT2D eigenvalue weighted by molar-refractivity contribution is -0.116. The maximum absolute atomic E-state index is 11.9. The van der Waals surface area contributed by atoms with Gasteiger partial charge >= 0.3 is 0 Å². The molecule has 8 nitrogen and oxygen atoms in total. The molecule has 0 unspecified atom stereocenters. The Labute approximate surface area is 170 Å². The second kappa shape index (κ2) is 12.2. The Hall–Kier alpha value is -2.17. The van der Waals surface area contributed by atoms with Gasteiger partial charge in [-0.05, 0) is 31.0 Å². The average molecular weight is 471 g/mol. The summed E-state index contributed by atoms with van der Waals surface area (Å²) in [6.45, 7) is 4.08. The van der Waals surface area contributed by atoms with Gasteiger partial charge in [0.15, 0.2) is 5.96 Å². The first-order chi connectivity index (χ1) is 12.2. The van der Waals surface area contributed by atoms with Crippen LogP contribution in [0, 0.1) is 6.92 Å². The van der Waals surface area contributed by atoms with Gasteiger partial charge in [0.25, 0.3) is 0 Å². The van der Waals surface area contributed by atoms with Crippen molar-refractivity contribution in [2.24, 2.45) is 4.99 Å². The number of aliphatic imine (C=N–C) groups is 1. The Morgan fingerprint density at radius 2 is 2.08 bits per heavy atom. The molecule has 0 atom stereocenters. The van der Waals surface area contributed by atoms with E-state index in [0.717, 1.165) is 25.1 Å². The number of aromatic nitrogens is 3. The van der Waals surface area contributed by atoms with Gasteiger partial charge in [-0.2, -0.15) is 5.10 Å². The lowest BCUT2D eigenvalue weighted by Gasteiger charge is -2.12. The zero-order valence-electron chi connectivity index (χ0n) is 15.1. The number of amides is 1. The van der Waals surface area contributed by atoms with Crippen molar-refractivity contribution in [2.45, 2.75) is 26.3 Å². The second-order valence-corrected chi connectivity index (χ2v) is 5.57. The van der Waals surface area contributed by atoms with Gasteiger partial charge in [-0.15, -0.1) is 24.0 Å². The van der Waals surface area contributed by atoms with Gasteiger partial charge in [0.05, 0.1) is 0 Å². The van der Waals surface area contributed by atoms with E-state index >= 15 is 0 Å². The average Bonchev–Trinajstić information content (AvgIpc) is 3.12. The van der Waals surface area contributed by atoms with Crippen molar-refractivity contribution in [1.29, 1.82) is 0 Å². The second-order valence-electron chi connectivity index (χ2n) is 5.57. The lowest BCUT2D eigenvalue weighted by atomic mass is 10.3. The fraction of sp³-hybridized carbons (Fsp3) is 0.412. The first-order valence-corrected chi connectivity index (χ1v) is 8.32. The topological polar surface area (TPSA) is 96.2 Å². The molecule has 0 aromatic carbocycles. The van der Waals surface area contributed by atoms with E-state index in [1.54, 1.807) is 25.5 Å². The number of nitrogens with one attached hydrogen (secondary N) is 3. The predicted octanol–water partition coefficient (Wildman–Crippen LogP) is 1.79. The normalized spacial score (nSPS) is 10.8. The van der Waals surface area contributed by atoms with E-state index < -0.39 is 0 Å². The van der Waals surface area contributed by atoms with Gasteiger partial charge in [0.2, 0.25) is 5.91 Å². The maximum Gasteiger partial charge on any atom is 0.227 e. The number of carbonyl (C=O) groups excluding carboxylic acids is 1. The summed E-state index contributed by atoms with van der Waals surface area (Å²) < 4.78 is 1.89. The number of aryl methyl sites for hydroxylation is 2. The van der Waals surface area contributed by atoms with Gasteiger partial charge in [-0.25, -0.2) is 4.98 Å². The first-order valence-electron chi connectivity index (χ1n) is 8.32. The fourth-order valence-corrected chi connectivity index (χ4v) is 2.14. The molecular formula is C17H26IN7O. The van der Waals surface area contributed by atoms with Crippen molar-refractivity contribution in [3.8, 4) is 0 Å². The first kappa shape index (κ1) is 21.9. The van der Waals surface area contributed by atoms with Crippen LogP contribution in [0.5, 0.6) is 0 Å². The monoisotopic (exact) mass is 471 g/mol. The molecule has 9 heteroatoms. The molecule has 3 N–H and O–H groups in total. The van der Waals surface area contributed by atoms with Crippen molar-refractivity contribution in [3.05, 3.63) is 42.4 Å². The van der Waals surface area contributed by atoms with Crippen LogP contribution in [0.2, 0.25) is 0 Å². The summed E-state index contributed by atoms with van der Waals surface area (Å²) in [6, 6.07) is 5.61. The van der Waals surface area contributed by atoms with Crippen LogP contribution in [0.4, 0.5) is 5.82 Å². The number of pyridine rings is 1. The van der Waals surface area contributed by atoms with Crippen molar-refractivity contribution in [3.63, 3.8) is 0 Å². The van der Waals surface area contributed by atoms with Crippen molar-refractivity contribution in [2.75, 3.05) is 25.5 Å². The Morgan fingerprint density at radius 1 is 1.27 bits per heavy atom. The largest absolute Gasteiger partial charge is 0.356 e. The summed E-state index contributed by atoms with van der Waals surface area (Å²) >= 11 is 0. The van der Waals surface area contributed by atoms with E-state index in [-0.39, 0.29) is 29.9 Å². The highest BCUT2D eigenvalue weighted by Crippen LogP contribution is 2.03. The highest BCUT2D eigenvalue weighted by Gasteiger charge is 2.04. The van der Waals surface area contributed by atoms with Crippen LogP contribution in [0.25, 0.3) is 0 Å². The fourth-order valence-electron chi connectivity index (χ4n) is 2.14. The molecular weight excluding hydrogens is 445 g/mol. The van der Waals surface area contributed by atoms with Crippen LogP contribution in [-0.4, -0.2) is 46.8 Å². The molecule has 2 rings (SSSR count). The van der Waals surface area contributed by atoms with Gasteiger partial charge in [0, 0.05) is 51.7 Å². The van der Waals surface area contributed by atoms with Crippen LogP contribution in [0.3, 0.4) is 0 Å². The number of nitrogens with zero attached hydrogens (tertiary/aromatic N) is 4. The van der Waals surface area contributed by atoms with Gasteiger partial charge in [-0.1, -0.05) is 6.07 Å². The molecule has 0 aliphatic heterocycles. The summed E-state index contributed by atoms with van der Waals surface area (Å²) in [5.74, 6) is 1.16. The highest BCUT2D eigenvalue weighted by atomic mass is 127. The molecule has 142 valence electrons. The van der Waals surface area contributed by atoms with E-state index in [0.29, 0.717) is 24.7 Å². The quantitative estimate of drug-likeness (QED) is 0.236.